The van der Waals surface area contributed by atoms with Gasteiger partial charge in [0.05, 0.1) is 28.3 Å². The van der Waals surface area contributed by atoms with Crippen LogP contribution in [0.1, 0.15) is 38.8 Å². The molecule has 2 aromatic carbocycles. The van der Waals surface area contributed by atoms with E-state index in [-0.39, 0.29) is 17.9 Å². The highest BCUT2D eigenvalue weighted by atomic mass is 16.1. The fraction of sp³-hybridized carbons (Fsp3) is 0.286. The van der Waals surface area contributed by atoms with E-state index >= 15 is 0 Å². The van der Waals surface area contributed by atoms with Gasteiger partial charge in [-0.1, -0.05) is 49.4 Å². The standard InChI is InChI=1S/C21H23N3O/c1-4-14(2)22-21(25)15(3)19-20(16-10-6-5-7-11-16)24-18-13-9-8-12-17(18)23-19/h5-15H,4H2,1-3H3,(H,22,25). The number of para-hydroxylation sites is 2. The minimum atomic E-state index is -0.374. The van der Waals surface area contributed by atoms with Crippen molar-refractivity contribution in [2.24, 2.45) is 0 Å². The number of rotatable bonds is 5. The summed E-state index contributed by atoms with van der Waals surface area (Å²) in [6.45, 7) is 5.96. The van der Waals surface area contributed by atoms with Gasteiger partial charge in [-0.3, -0.25) is 4.79 Å². The summed E-state index contributed by atoms with van der Waals surface area (Å²) in [6, 6.07) is 17.8. The fourth-order valence-electron chi connectivity index (χ4n) is 2.72. The molecule has 1 N–H and O–H groups in total. The summed E-state index contributed by atoms with van der Waals surface area (Å²) < 4.78 is 0. The molecule has 1 aromatic heterocycles. The second kappa shape index (κ2) is 7.43. The molecule has 2 atom stereocenters. The quantitative estimate of drug-likeness (QED) is 0.757. The van der Waals surface area contributed by atoms with E-state index < -0.39 is 0 Å². The highest BCUT2D eigenvalue weighted by Crippen LogP contribution is 2.28. The lowest BCUT2D eigenvalue weighted by molar-refractivity contribution is -0.122. The Morgan fingerprint density at radius 1 is 0.960 bits per heavy atom. The van der Waals surface area contributed by atoms with E-state index in [1.54, 1.807) is 0 Å². The molecule has 2 unspecified atom stereocenters. The number of nitrogens with one attached hydrogen (secondary N) is 1. The van der Waals surface area contributed by atoms with E-state index in [1.807, 2.05) is 68.4 Å². The molecule has 4 nitrogen and oxygen atoms in total. The molecule has 128 valence electrons. The number of hydrogen-bond donors (Lipinski definition) is 1. The van der Waals surface area contributed by atoms with Gasteiger partial charge in [-0.2, -0.15) is 0 Å². The Labute approximate surface area is 148 Å². The molecular formula is C21H23N3O. The monoisotopic (exact) mass is 333 g/mol. The number of fused-ring (bicyclic) bond motifs is 1. The van der Waals surface area contributed by atoms with Gasteiger partial charge in [0.15, 0.2) is 0 Å². The van der Waals surface area contributed by atoms with Crippen LogP contribution in [-0.2, 0) is 4.79 Å². The first kappa shape index (κ1) is 17.1. The maximum absolute atomic E-state index is 12.7. The fourth-order valence-corrected chi connectivity index (χ4v) is 2.72. The molecule has 4 heteroatoms. The minimum Gasteiger partial charge on any atom is -0.353 e. The number of nitrogens with zero attached hydrogens (tertiary/aromatic N) is 2. The van der Waals surface area contributed by atoms with Crippen LogP contribution in [0.25, 0.3) is 22.3 Å². The van der Waals surface area contributed by atoms with Crippen LogP contribution in [0.15, 0.2) is 54.6 Å². The summed E-state index contributed by atoms with van der Waals surface area (Å²) in [6.07, 6.45) is 0.896. The molecule has 25 heavy (non-hydrogen) atoms. The normalized spacial score (nSPS) is 13.4. The Balaban J connectivity index is 2.10. The van der Waals surface area contributed by atoms with Gasteiger partial charge in [0.2, 0.25) is 5.91 Å². The van der Waals surface area contributed by atoms with Crippen molar-refractivity contribution < 1.29 is 4.79 Å². The largest absolute Gasteiger partial charge is 0.353 e. The van der Waals surface area contributed by atoms with Crippen LogP contribution in [0.3, 0.4) is 0 Å². The third-order valence-electron chi connectivity index (χ3n) is 4.45. The van der Waals surface area contributed by atoms with Crippen molar-refractivity contribution in [2.75, 3.05) is 0 Å². The van der Waals surface area contributed by atoms with Crippen molar-refractivity contribution >= 4 is 16.9 Å². The van der Waals surface area contributed by atoms with Gasteiger partial charge in [-0.15, -0.1) is 0 Å². The number of hydrogen-bond acceptors (Lipinski definition) is 3. The van der Waals surface area contributed by atoms with Gasteiger partial charge in [0.25, 0.3) is 0 Å². The Morgan fingerprint density at radius 3 is 2.20 bits per heavy atom. The number of carbonyl (C=O) groups is 1. The molecule has 0 radical (unpaired) electrons. The third-order valence-corrected chi connectivity index (χ3v) is 4.45. The van der Waals surface area contributed by atoms with Gasteiger partial charge in [0, 0.05) is 11.6 Å². The van der Waals surface area contributed by atoms with E-state index in [4.69, 9.17) is 9.97 Å². The van der Waals surface area contributed by atoms with E-state index in [1.165, 1.54) is 0 Å². The average molecular weight is 333 g/mol. The lowest BCUT2D eigenvalue weighted by Gasteiger charge is -2.18. The van der Waals surface area contributed by atoms with Crippen molar-refractivity contribution in [3.63, 3.8) is 0 Å². The highest BCUT2D eigenvalue weighted by Gasteiger charge is 2.23. The maximum atomic E-state index is 12.7. The summed E-state index contributed by atoms with van der Waals surface area (Å²) in [5, 5.41) is 3.05. The molecule has 3 rings (SSSR count). The van der Waals surface area contributed by atoms with E-state index in [0.717, 1.165) is 28.7 Å². The summed E-state index contributed by atoms with van der Waals surface area (Å²) in [5.74, 6) is -0.391. The van der Waals surface area contributed by atoms with E-state index in [0.29, 0.717) is 5.69 Å². The van der Waals surface area contributed by atoms with Crippen molar-refractivity contribution in [1.29, 1.82) is 0 Å². The number of benzene rings is 2. The van der Waals surface area contributed by atoms with Gasteiger partial charge >= 0.3 is 0 Å². The molecule has 0 saturated carbocycles. The zero-order valence-corrected chi connectivity index (χ0v) is 14.9. The minimum absolute atomic E-state index is 0.0175. The van der Waals surface area contributed by atoms with Gasteiger partial charge in [-0.05, 0) is 32.4 Å². The predicted octanol–water partition coefficient (Wildman–Crippen LogP) is 4.32. The number of carbonyl (C=O) groups excluding carboxylic acids is 1. The first-order valence-electron chi connectivity index (χ1n) is 8.72. The molecule has 0 aliphatic heterocycles. The van der Waals surface area contributed by atoms with E-state index in [2.05, 4.69) is 12.2 Å². The van der Waals surface area contributed by atoms with Crippen LogP contribution < -0.4 is 5.32 Å². The third kappa shape index (κ3) is 3.68. The summed E-state index contributed by atoms with van der Waals surface area (Å²) >= 11 is 0. The first-order chi connectivity index (χ1) is 12.1. The maximum Gasteiger partial charge on any atom is 0.229 e. The van der Waals surface area contributed by atoms with Gasteiger partial charge < -0.3 is 5.32 Å². The highest BCUT2D eigenvalue weighted by molar-refractivity contribution is 5.87. The van der Waals surface area contributed by atoms with Crippen LogP contribution >= 0.6 is 0 Å². The lowest BCUT2D eigenvalue weighted by Crippen LogP contribution is -2.35. The van der Waals surface area contributed by atoms with Gasteiger partial charge in [-0.25, -0.2) is 9.97 Å². The molecule has 0 bridgehead atoms. The topological polar surface area (TPSA) is 54.9 Å². The second-order valence-electron chi connectivity index (χ2n) is 6.35. The average Bonchev–Trinajstić information content (AvgIpc) is 2.66. The van der Waals surface area contributed by atoms with Crippen LogP contribution in [0.5, 0.6) is 0 Å². The molecule has 0 spiro atoms. The predicted molar refractivity (Wildman–Crippen MR) is 101 cm³/mol. The molecular weight excluding hydrogens is 310 g/mol. The van der Waals surface area contributed by atoms with Crippen LogP contribution in [0.2, 0.25) is 0 Å². The van der Waals surface area contributed by atoms with Crippen molar-refractivity contribution in [1.82, 2.24) is 15.3 Å². The molecule has 1 heterocycles. The van der Waals surface area contributed by atoms with Crippen LogP contribution in [-0.4, -0.2) is 21.9 Å². The zero-order chi connectivity index (χ0) is 17.8. The molecule has 0 aliphatic carbocycles. The molecule has 3 aromatic rings. The second-order valence-corrected chi connectivity index (χ2v) is 6.35. The van der Waals surface area contributed by atoms with Crippen molar-refractivity contribution in [2.45, 2.75) is 39.2 Å². The Hall–Kier alpha value is -2.75. The lowest BCUT2D eigenvalue weighted by atomic mass is 9.99. The molecule has 0 aliphatic rings. The van der Waals surface area contributed by atoms with Crippen molar-refractivity contribution in [3.05, 3.63) is 60.3 Å². The smallest absolute Gasteiger partial charge is 0.229 e. The summed E-state index contributed by atoms with van der Waals surface area (Å²) in [7, 11) is 0. The Kier molecular flexibility index (Phi) is 5.08. The zero-order valence-electron chi connectivity index (χ0n) is 14.9. The molecule has 0 saturated heterocycles. The summed E-state index contributed by atoms with van der Waals surface area (Å²) in [5.41, 5.74) is 4.09. The molecule has 1 amide bonds. The van der Waals surface area contributed by atoms with Crippen molar-refractivity contribution in [3.8, 4) is 11.3 Å². The molecule has 0 fully saturated rings. The number of amides is 1. The first-order valence-corrected chi connectivity index (χ1v) is 8.72. The van der Waals surface area contributed by atoms with Crippen LogP contribution in [0, 0.1) is 0 Å². The van der Waals surface area contributed by atoms with E-state index in [9.17, 15) is 4.79 Å². The SMILES string of the molecule is CCC(C)NC(=O)C(C)c1nc2ccccc2nc1-c1ccccc1. The Morgan fingerprint density at radius 2 is 1.56 bits per heavy atom. The summed E-state index contributed by atoms with van der Waals surface area (Å²) in [4.78, 5) is 22.2. The van der Waals surface area contributed by atoms with Crippen LogP contribution in [0.4, 0.5) is 0 Å². The van der Waals surface area contributed by atoms with Gasteiger partial charge in [0.1, 0.15) is 0 Å². The Bertz CT molecular complexity index is 877. The number of aromatic nitrogens is 2.